The van der Waals surface area contributed by atoms with Gasteiger partial charge in [-0.1, -0.05) is 0 Å². The number of carbonyl (C=O) groups excluding carboxylic acids is 1. The first-order valence-electron chi connectivity index (χ1n) is 6.33. The number of nitrogens with zero attached hydrogens (tertiary/aromatic N) is 1. The van der Waals surface area contributed by atoms with Gasteiger partial charge in [0, 0.05) is 20.2 Å². The van der Waals surface area contributed by atoms with Gasteiger partial charge in [-0.2, -0.15) is 0 Å². The number of hydrogen-bond donors (Lipinski definition) is 1. The Kier molecular flexibility index (Phi) is 4.18. The third-order valence-corrected chi connectivity index (χ3v) is 3.36. The number of amides is 1. The van der Waals surface area contributed by atoms with Gasteiger partial charge in [0.15, 0.2) is 0 Å². The molecule has 0 aromatic rings. The fourth-order valence-corrected chi connectivity index (χ4v) is 2.01. The first-order chi connectivity index (χ1) is 7.77. The van der Waals surface area contributed by atoms with E-state index in [1.165, 1.54) is 12.8 Å². The van der Waals surface area contributed by atoms with Crippen LogP contribution in [0.25, 0.3) is 0 Å². The first kappa shape index (κ1) is 11.9. The predicted molar refractivity (Wildman–Crippen MR) is 62.2 cm³/mol. The first-order valence-corrected chi connectivity index (χ1v) is 6.33. The summed E-state index contributed by atoms with van der Waals surface area (Å²) in [5.74, 6) is 1.02. The van der Waals surface area contributed by atoms with Crippen LogP contribution in [0, 0.1) is 5.92 Å². The molecule has 1 heterocycles. The molecule has 2 rings (SSSR count). The molecule has 4 heteroatoms. The molecule has 0 bridgehead atoms. The van der Waals surface area contributed by atoms with Gasteiger partial charge in [0.2, 0.25) is 5.91 Å². The molecule has 1 atom stereocenters. The molecule has 92 valence electrons. The second-order valence-electron chi connectivity index (χ2n) is 4.93. The Morgan fingerprint density at radius 2 is 2.25 bits per heavy atom. The zero-order valence-electron chi connectivity index (χ0n) is 10.1. The van der Waals surface area contributed by atoms with Gasteiger partial charge in [-0.05, 0) is 38.1 Å². The van der Waals surface area contributed by atoms with Gasteiger partial charge >= 0.3 is 0 Å². The summed E-state index contributed by atoms with van der Waals surface area (Å²) in [6.07, 6.45) is 4.73. The average molecular weight is 226 g/mol. The molecule has 16 heavy (non-hydrogen) atoms. The van der Waals surface area contributed by atoms with E-state index in [1.54, 1.807) is 4.90 Å². The number of rotatable bonds is 6. The number of likely N-dealkylation sites (N-methyl/N-ethyl adjacent to an activating group) is 1. The lowest BCUT2D eigenvalue weighted by Crippen LogP contribution is -2.42. The third-order valence-electron chi connectivity index (χ3n) is 3.36. The third kappa shape index (κ3) is 3.46. The minimum atomic E-state index is 0.0495. The highest BCUT2D eigenvalue weighted by Gasteiger charge is 2.25. The zero-order chi connectivity index (χ0) is 11.4. The number of carbonyl (C=O) groups is 1. The van der Waals surface area contributed by atoms with Crippen LogP contribution in [0.2, 0.25) is 0 Å². The van der Waals surface area contributed by atoms with Crippen LogP contribution >= 0.6 is 0 Å². The molecule has 1 amide bonds. The molecular weight excluding hydrogens is 204 g/mol. The Hall–Kier alpha value is -0.610. The Bertz CT molecular complexity index is 235. The lowest BCUT2D eigenvalue weighted by atomic mass is 10.2. The van der Waals surface area contributed by atoms with Crippen LogP contribution in [0.15, 0.2) is 0 Å². The lowest BCUT2D eigenvalue weighted by molar-refractivity contribution is -0.132. The van der Waals surface area contributed by atoms with Crippen LogP contribution in [0.1, 0.15) is 25.7 Å². The van der Waals surface area contributed by atoms with E-state index < -0.39 is 0 Å². The van der Waals surface area contributed by atoms with Crippen LogP contribution in [0.5, 0.6) is 0 Å². The van der Waals surface area contributed by atoms with Gasteiger partial charge in [-0.3, -0.25) is 4.79 Å². The second-order valence-corrected chi connectivity index (χ2v) is 4.93. The number of ether oxygens (including phenoxy) is 1. The van der Waals surface area contributed by atoms with Crippen molar-refractivity contribution >= 4 is 5.91 Å². The summed E-state index contributed by atoms with van der Waals surface area (Å²) in [4.78, 5) is 13.7. The van der Waals surface area contributed by atoms with Gasteiger partial charge in [-0.15, -0.1) is 0 Å². The second kappa shape index (κ2) is 5.64. The van der Waals surface area contributed by atoms with Crippen molar-refractivity contribution in [2.75, 3.05) is 33.4 Å². The quantitative estimate of drug-likeness (QED) is 0.675. The highest BCUT2D eigenvalue weighted by Crippen LogP contribution is 2.28. The van der Waals surface area contributed by atoms with E-state index in [0.717, 1.165) is 31.9 Å². The van der Waals surface area contributed by atoms with Crippen molar-refractivity contribution in [2.45, 2.75) is 31.7 Å². The summed E-state index contributed by atoms with van der Waals surface area (Å²) < 4.78 is 5.53. The molecule has 1 aliphatic heterocycles. The molecular formula is C12H22N2O2. The molecule has 1 N–H and O–H groups in total. The van der Waals surface area contributed by atoms with E-state index >= 15 is 0 Å². The molecule has 2 aliphatic rings. The largest absolute Gasteiger partial charge is 0.379 e. The van der Waals surface area contributed by atoms with Crippen molar-refractivity contribution in [1.82, 2.24) is 10.2 Å². The highest BCUT2D eigenvalue weighted by atomic mass is 16.5. The molecule has 1 saturated heterocycles. The van der Waals surface area contributed by atoms with Crippen LogP contribution < -0.4 is 5.32 Å². The van der Waals surface area contributed by atoms with E-state index in [2.05, 4.69) is 5.32 Å². The van der Waals surface area contributed by atoms with Crippen molar-refractivity contribution < 1.29 is 9.53 Å². The van der Waals surface area contributed by atoms with Crippen molar-refractivity contribution in [3.8, 4) is 0 Å². The summed E-state index contributed by atoms with van der Waals surface area (Å²) in [6, 6.07) is 0.0495. The van der Waals surface area contributed by atoms with E-state index in [0.29, 0.717) is 13.2 Å². The van der Waals surface area contributed by atoms with E-state index in [4.69, 9.17) is 4.74 Å². The van der Waals surface area contributed by atoms with E-state index in [-0.39, 0.29) is 11.9 Å². The standard InChI is InChI=1S/C12H22N2O2/c1-14(7-8-16-9-10-4-5-10)12(15)11-3-2-6-13-11/h10-11,13H,2-9H2,1H3/t11-/m1/s1. The minimum Gasteiger partial charge on any atom is -0.379 e. The fourth-order valence-electron chi connectivity index (χ4n) is 2.01. The smallest absolute Gasteiger partial charge is 0.239 e. The highest BCUT2D eigenvalue weighted by molar-refractivity contribution is 5.81. The SMILES string of the molecule is CN(CCOCC1CC1)C(=O)[C@H]1CCCN1. The fraction of sp³-hybridized carbons (Fsp3) is 0.917. The Morgan fingerprint density at radius 3 is 2.88 bits per heavy atom. The maximum absolute atomic E-state index is 11.9. The molecule has 4 nitrogen and oxygen atoms in total. The van der Waals surface area contributed by atoms with Gasteiger partial charge in [0.05, 0.1) is 12.6 Å². The van der Waals surface area contributed by atoms with Crippen LogP contribution in [0.3, 0.4) is 0 Å². The van der Waals surface area contributed by atoms with Crippen molar-refractivity contribution in [3.05, 3.63) is 0 Å². The molecule has 0 aromatic carbocycles. The van der Waals surface area contributed by atoms with Crippen molar-refractivity contribution in [1.29, 1.82) is 0 Å². The molecule has 0 unspecified atom stereocenters. The Labute approximate surface area is 97.3 Å². The summed E-state index contributed by atoms with van der Waals surface area (Å²) in [7, 11) is 1.86. The molecule has 1 aliphatic carbocycles. The molecule has 0 radical (unpaired) electrons. The van der Waals surface area contributed by atoms with Crippen LogP contribution in [0.4, 0.5) is 0 Å². The maximum atomic E-state index is 11.9. The summed E-state index contributed by atoms with van der Waals surface area (Å²) in [6.45, 7) is 3.24. The zero-order valence-corrected chi connectivity index (χ0v) is 10.1. The molecule has 1 saturated carbocycles. The molecule has 0 spiro atoms. The maximum Gasteiger partial charge on any atom is 0.239 e. The van der Waals surface area contributed by atoms with Gasteiger partial charge in [0.25, 0.3) is 0 Å². The summed E-state index contributed by atoms with van der Waals surface area (Å²) in [5.41, 5.74) is 0. The normalized spacial score (nSPS) is 24.7. The molecule has 2 fully saturated rings. The van der Waals surface area contributed by atoms with Crippen molar-refractivity contribution in [2.24, 2.45) is 5.92 Å². The molecule has 0 aromatic heterocycles. The van der Waals surface area contributed by atoms with Crippen LogP contribution in [-0.2, 0) is 9.53 Å². The minimum absolute atomic E-state index is 0.0495. The van der Waals surface area contributed by atoms with Gasteiger partial charge < -0.3 is 15.0 Å². The average Bonchev–Trinajstić information content (AvgIpc) is 2.95. The van der Waals surface area contributed by atoms with Crippen LogP contribution in [-0.4, -0.2) is 50.2 Å². The summed E-state index contributed by atoms with van der Waals surface area (Å²) >= 11 is 0. The van der Waals surface area contributed by atoms with Crippen molar-refractivity contribution in [3.63, 3.8) is 0 Å². The lowest BCUT2D eigenvalue weighted by Gasteiger charge is -2.21. The topological polar surface area (TPSA) is 41.6 Å². The predicted octanol–water partition coefficient (Wildman–Crippen LogP) is 0.623. The Balaban J connectivity index is 1.57. The Morgan fingerprint density at radius 1 is 1.44 bits per heavy atom. The number of hydrogen-bond acceptors (Lipinski definition) is 3. The van der Waals surface area contributed by atoms with Gasteiger partial charge in [-0.25, -0.2) is 0 Å². The monoisotopic (exact) mass is 226 g/mol. The van der Waals surface area contributed by atoms with Gasteiger partial charge in [0.1, 0.15) is 0 Å². The van der Waals surface area contributed by atoms with E-state index in [1.807, 2.05) is 7.05 Å². The number of nitrogens with one attached hydrogen (secondary N) is 1. The van der Waals surface area contributed by atoms with E-state index in [9.17, 15) is 4.79 Å². The summed E-state index contributed by atoms with van der Waals surface area (Å²) in [5, 5.41) is 3.22.